The molecule has 1 N–H and O–H groups in total. The second-order valence-corrected chi connectivity index (χ2v) is 4.37. The third kappa shape index (κ3) is 4.04. The fraction of sp³-hybridized carbons (Fsp3) is 0.308. The first-order chi connectivity index (χ1) is 9.69. The van der Waals surface area contributed by atoms with Crippen molar-refractivity contribution >= 4 is 17.5 Å². The van der Waals surface area contributed by atoms with E-state index in [0.29, 0.717) is 23.3 Å². The van der Waals surface area contributed by atoms with E-state index in [0.717, 1.165) is 5.56 Å². The van der Waals surface area contributed by atoms with Crippen molar-refractivity contribution in [2.45, 2.75) is 13.5 Å². The van der Waals surface area contributed by atoms with Gasteiger partial charge < -0.3 is 14.6 Å². The van der Waals surface area contributed by atoms with E-state index in [1.165, 1.54) is 0 Å². The monoisotopic (exact) mass is 295 g/mol. The van der Waals surface area contributed by atoms with Gasteiger partial charge in [0, 0.05) is 17.2 Å². The summed E-state index contributed by atoms with van der Waals surface area (Å²) in [5.41, 5.74) is 0.796. The number of carbonyl (C=O) groups is 1. The standard InChI is InChI=1S/C13H14ClN3O3/c1-2-19-8-11(18)15-7-12-16-13(17-20-12)9-3-5-10(14)6-4-9/h3-6H,2,7-8H2,1H3,(H,15,18). The van der Waals surface area contributed by atoms with Crippen LogP contribution in [0.1, 0.15) is 12.8 Å². The molecular formula is C13H14ClN3O3. The molecule has 0 bridgehead atoms. The third-order valence-electron chi connectivity index (χ3n) is 2.44. The molecule has 0 saturated heterocycles. The van der Waals surface area contributed by atoms with E-state index in [4.69, 9.17) is 20.9 Å². The Bertz CT molecular complexity index is 568. The molecule has 0 aliphatic carbocycles. The minimum absolute atomic E-state index is 0.0225. The summed E-state index contributed by atoms with van der Waals surface area (Å²) in [5.74, 6) is 0.564. The summed E-state index contributed by atoms with van der Waals surface area (Å²) in [6.45, 7) is 2.51. The van der Waals surface area contributed by atoms with Gasteiger partial charge in [-0.25, -0.2) is 0 Å². The molecule has 1 heterocycles. The van der Waals surface area contributed by atoms with Gasteiger partial charge in [0.2, 0.25) is 17.6 Å². The summed E-state index contributed by atoms with van der Waals surface area (Å²) in [5, 5.41) is 7.11. The second-order valence-electron chi connectivity index (χ2n) is 3.93. The Kier molecular flexibility index (Phi) is 5.09. The van der Waals surface area contributed by atoms with Gasteiger partial charge in [0.15, 0.2) is 0 Å². The second kappa shape index (κ2) is 7.02. The van der Waals surface area contributed by atoms with Gasteiger partial charge in [-0.1, -0.05) is 16.8 Å². The highest BCUT2D eigenvalue weighted by Gasteiger charge is 2.09. The average Bonchev–Trinajstić information content (AvgIpc) is 2.92. The Labute approximate surface area is 121 Å². The molecule has 0 aliphatic rings. The van der Waals surface area contributed by atoms with Crippen LogP contribution in [-0.2, 0) is 16.1 Å². The fourth-order valence-electron chi connectivity index (χ4n) is 1.46. The van der Waals surface area contributed by atoms with Crippen molar-refractivity contribution < 1.29 is 14.1 Å². The molecule has 0 saturated carbocycles. The number of benzene rings is 1. The van der Waals surface area contributed by atoms with Crippen molar-refractivity contribution in [1.82, 2.24) is 15.5 Å². The summed E-state index contributed by atoms with van der Waals surface area (Å²) in [4.78, 5) is 15.5. The summed E-state index contributed by atoms with van der Waals surface area (Å²) in [6.07, 6.45) is 0. The Morgan fingerprint density at radius 2 is 2.15 bits per heavy atom. The lowest BCUT2D eigenvalue weighted by Gasteiger charge is -2.01. The van der Waals surface area contributed by atoms with Crippen LogP contribution in [0.4, 0.5) is 0 Å². The van der Waals surface area contributed by atoms with Crippen molar-refractivity contribution in [2.75, 3.05) is 13.2 Å². The van der Waals surface area contributed by atoms with Gasteiger partial charge in [-0.15, -0.1) is 0 Å². The molecule has 20 heavy (non-hydrogen) atoms. The van der Waals surface area contributed by atoms with Crippen LogP contribution in [0.15, 0.2) is 28.8 Å². The maximum atomic E-state index is 11.3. The average molecular weight is 296 g/mol. The lowest BCUT2D eigenvalue weighted by Crippen LogP contribution is -2.27. The number of hydrogen-bond donors (Lipinski definition) is 1. The highest BCUT2D eigenvalue weighted by atomic mass is 35.5. The van der Waals surface area contributed by atoms with Gasteiger partial charge in [-0.05, 0) is 31.2 Å². The molecule has 7 heteroatoms. The van der Waals surface area contributed by atoms with Crippen LogP contribution in [0, 0.1) is 0 Å². The zero-order chi connectivity index (χ0) is 14.4. The molecule has 0 aliphatic heterocycles. The number of hydrogen-bond acceptors (Lipinski definition) is 5. The first kappa shape index (κ1) is 14.5. The Balaban J connectivity index is 1.92. The first-order valence-electron chi connectivity index (χ1n) is 6.12. The number of nitrogens with zero attached hydrogens (tertiary/aromatic N) is 2. The van der Waals surface area contributed by atoms with Crippen molar-refractivity contribution in [3.63, 3.8) is 0 Å². The molecule has 0 atom stereocenters. The predicted octanol–water partition coefficient (Wildman–Crippen LogP) is 2.04. The van der Waals surface area contributed by atoms with Crippen LogP contribution in [0.5, 0.6) is 0 Å². The number of halogens is 1. The molecule has 1 aromatic heterocycles. The number of amides is 1. The summed E-state index contributed by atoms with van der Waals surface area (Å²) in [6, 6.07) is 7.09. The quantitative estimate of drug-likeness (QED) is 0.882. The van der Waals surface area contributed by atoms with E-state index in [9.17, 15) is 4.79 Å². The van der Waals surface area contributed by atoms with Gasteiger partial charge in [-0.2, -0.15) is 4.98 Å². The van der Waals surface area contributed by atoms with Gasteiger partial charge >= 0.3 is 0 Å². The number of rotatable bonds is 6. The first-order valence-corrected chi connectivity index (χ1v) is 6.50. The predicted molar refractivity (Wildman–Crippen MR) is 73.1 cm³/mol. The molecule has 6 nitrogen and oxygen atoms in total. The molecule has 0 fully saturated rings. The number of aromatic nitrogens is 2. The zero-order valence-electron chi connectivity index (χ0n) is 10.9. The van der Waals surface area contributed by atoms with Crippen LogP contribution in [-0.4, -0.2) is 29.3 Å². The number of carbonyl (C=O) groups excluding carboxylic acids is 1. The summed E-state index contributed by atoms with van der Waals surface area (Å²) in [7, 11) is 0. The maximum Gasteiger partial charge on any atom is 0.246 e. The third-order valence-corrected chi connectivity index (χ3v) is 2.70. The van der Waals surface area contributed by atoms with Crippen LogP contribution in [0.2, 0.25) is 5.02 Å². The van der Waals surface area contributed by atoms with Gasteiger partial charge in [-0.3, -0.25) is 4.79 Å². The molecule has 1 amide bonds. The Hall–Kier alpha value is -1.92. The lowest BCUT2D eigenvalue weighted by molar-refractivity contribution is -0.125. The molecular weight excluding hydrogens is 282 g/mol. The van der Waals surface area contributed by atoms with E-state index in [2.05, 4.69) is 15.5 Å². The topological polar surface area (TPSA) is 77.2 Å². The van der Waals surface area contributed by atoms with Crippen molar-refractivity contribution in [1.29, 1.82) is 0 Å². The van der Waals surface area contributed by atoms with Crippen LogP contribution in [0.3, 0.4) is 0 Å². The van der Waals surface area contributed by atoms with Crippen LogP contribution >= 0.6 is 11.6 Å². The smallest absolute Gasteiger partial charge is 0.246 e. The minimum Gasteiger partial charge on any atom is -0.372 e. The Morgan fingerprint density at radius 1 is 1.40 bits per heavy atom. The summed E-state index contributed by atoms with van der Waals surface area (Å²) < 4.78 is 10.0. The lowest BCUT2D eigenvalue weighted by atomic mass is 10.2. The fourth-order valence-corrected chi connectivity index (χ4v) is 1.59. The summed E-state index contributed by atoms with van der Waals surface area (Å²) >= 11 is 5.81. The van der Waals surface area contributed by atoms with Gasteiger partial charge in [0.25, 0.3) is 0 Å². The molecule has 2 aromatic rings. The molecule has 0 unspecified atom stereocenters. The molecule has 0 spiro atoms. The van der Waals surface area contributed by atoms with E-state index in [-0.39, 0.29) is 19.1 Å². The molecule has 2 rings (SSSR count). The SMILES string of the molecule is CCOCC(=O)NCc1nc(-c2ccc(Cl)cc2)no1. The molecule has 1 aromatic carbocycles. The minimum atomic E-state index is -0.224. The maximum absolute atomic E-state index is 11.3. The van der Waals surface area contributed by atoms with E-state index >= 15 is 0 Å². The number of ether oxygens (including phenoxy) is 1. The largest absolute Gasteiger partial charge is 0.372 e. The van der Waals surface area contributed by atoms with Crippen LogP contribution < -0.4 is 5.32 Å². The zero-order valence-corrected chi connectivity index (χ0v) is 11.7. The Morgan fingerprint density at radius 3 is 2.85 bits per heavy atom. The normalized spacial score (nSPS) is 10.5. The van der Waals surface area contributed by atoms with Gasteiger partial charge in [0.05, 0.1) is 6.54 Å². The number of nitrogens with one attached hydrogen (secondary N) is 1. The van der Waals surface area contributed by atoms with Crippen molar-refractivity contribution in [3.05, 3.63) is 35.2 Å². The molecule has 0 radical (unpaired) electrons. The van der Waals surface area contributed by atoms with E-state index < -0.39 is 0 Å². The van der Waals surface area contributed by atoms with Crippen molar-refractivity contribution in [2.24, 2.45) is 0 Å². The van der Waals surface area contributed by atoms with E-state index in [1.807, 2.05) is 6.92 Å². The van der Waals surface area contributed by atoms with Gasteiger partial charge in [0.1, 0.15) is 6.61 Å². The van der Waals surface area contributed by atoms with E-state index in [1.54, 1.807) is 24.3 Å². The van der Waals surface area contributed by atoms with Crippen LogP contribution in [0.25, 0.3) is 11.4 Å². The highest BCUT2D eigenvalue weighted by molar-refractivity contribution is 6.30. The molecule has 106 valence electrons. The highest BCUT2D eigenvalue weighted by Crippen LogP contribution is 2.18. The van der Waals surface area contributed by atoms with Crippen molar-refractivity contribution in [3.8, 4) is 11.4 Å².